The van der Waals surface area contributed by atoms with Crippen LogP contribution in [0.1, 0.15) is 65.4 Å². The normalized spacial score (nSPS) is 19.7. The number of rotatable bonds is 8. The van der Waals surface area contributed by atoms with Crippen LogP contribution < -0.4 is 16.0 Å². The first-order chi connectivity index (χ1) is 18.0. The Morgan fingerprint density at radius 2 is 1.84 bits per heavy atom. The van der Waals surface area contributed by atoms with E-state index in [1.54, 1.807) is 0 Å². The summed E-state index contributed by atoms with van der Waals surface area (Å²) in [5.74, 6) is -1.39. The molecule has 2 heterocycles. The molecule has 38 heavy (non-hydrogen) atoms. The van der Waals surface area contributed by atoms with Gasteiger partial charge in [-0.1, -0.05) is 58.0 Å². The van der Waals surface area contributed by atoms with Crippen LogP contribution in [0.3, 0.4) is 0 Å². The minimum atomic E-state index is -0.820. The second kappa shape index (κ2) is 15.0. The molecule has 3 atom stereocenters. The Bertz CT molecular complexity index is 980. The largest absolute Gasteiger partial charge is 0.445 e. The molecule has 1 aromatic carbocycles. The SMILES string of the molecule is CC(C)(C)C.N#C[C@H](C[C@@H]1CCCNC1=O)NC(=O)CNC(=O)C1CCCN1C(=O)OCc1ccccc1. The van der Waals surface area contributed by atoms with Gasteiger partial charge in [-0.25, -0.2) is 4.79 Å². The summed E-state index contributed by atoms with van der Waals surface area (Å²) >= 11 is 0. The van der Waals surface area contributed by atoms with Crippen molar-refractivity contribution in [1.82, 2.24) is 20.9 Å². The van der Waals surface area contributed by atoms with Crippen LogP contribution in [0.25, 0.3) is 0 Å². The lowest BCUT2D eigenvalue weighted by Crippen LogP contribution is -2.49. The molecule has 10 heteroatoms. The zero-order valence-corrected chi connectivity index (χ0v) is 22.9. The quantitative estimate of drug-likeness (QED) is 0.475. The number of piperidine rings is 1. The van der Waals surface area contributed by atoms with Gasteiger partial charge in [0.05, 0.1) is 12.6 Å². The molecule has 4 amide bonds. The second-order valence-corrected chi connectivity index (χ2v) is 11.2. The van der Waals surface area contributed by atoms with Crippen molar-refractivity contribution >= 4 is 23.8 Å². The van der Waals surface area contributed by atoms with Gasteiger partial charge < -0.3 is 20.7 Å². The number of carbonyl (C=O) groups is 4. The van der Waals surface area contributed by atoms with E-state index in [2.05, 4.69) is 43.6 Å². The number of likely N-dealkylation sites (tertiary alicyclic amines) is 1. The van der Waals surface area contributed by atoms with E-state index in [9.17, 15) is 24.4 Å². The molecular weight excluding hydrogens is 486 g/mol. The molecule has 2 fully saturated rings. The predicted octanol–water partition coefficient (Wildman–Crippen LogP) is 2.88. The Morgan fingerprint density at radius 3 is 2.47 bits per heavy atom. The van der Waals surface area contributed by atoms with Crippen LogP contribution in [0, 0.1) is 22.7 Å². The average molecular weight is 528 g/mol. The van der Waals surface area contributed by atoms with E-state index in [1.807, 2.05) is 36.4 Å². The van der Waals surface area contributed by atoms with Crippen LogP contribution in [0.15, 0.2) is 30.3 Å². The summed E-state index contributed by atoms with van der Waals surface area (Å²) in [5.41, 5.74) is 1.35. The van der Waals surface area contributed by atoms with Crippen LogP contribution in [-0.2, 0) is 25.7 Å². The van der Waals surface area contributed by atoms with Gasteiger partial charge in [-0.2, -0.15) is 5.26 Å². The Labute approximate surface area is 225 Å². The lowest BCUT2D eigenvalue weighted by molar-refractivity contribution is -0.129. The van der Waals surface area contributed by atoms with Crippen LogP contribution >= 0.6 is 0 Å². The molecule has 0 radical (unpaired) electrons. The van der Waals surface area contributed by atoms with Crippen LogP contribution in [0.4, 0.5) is 4.79 Å². The van der Waals surface area contributed by atoms with Crippen molar-refractivity contribution in [1.29, 1.82) is 5.26 Å². The summed E-state index contributed by atoms with van der Waals surface area (Å²) in [6.45, 7) is 9.57. The summed E-state index contributed by atoms with van der Waals surface area (Å²) in [5, 5.41) is 17.2. The molecule has 1 unspecified atom stereocenters. The third-order valence-corrected chi connectivity index (χ3v) is 5.83. The highest BCUT2D eigenvalue weighted by Crippen LogP contribution is 2.19. The van der Waals surface area contributed by atoms with Crippen molar-refractivity contribution in [3.8, 4) is 6.07 Å². The standard InChI is InChI=1S/C23H29N5O5.C5H12/c24-13-18(12-17-8-4-10-25-21(17)30)27-20(29)14-26-22(31)19-9-5-11-28(19)23(32)33-15-16-6-2-1-3-7-16;1-5(2,3)4/h1-3,6-7,17-19H,4-5,8-12,14-15H2,(H,25,30)(H,26,31)(H,27,29);1-4H3/t17-,18-,19?;/m0./s1. The topological polar surface area (TPSA) is 141 Å². The number of hydrogen-bond donors (Lipinski definition) is 3. The van der Waals surface area contributed by atoms with Crippen LogP contribution in [0.5, 0.6) is 0 Å². The van der Waals surface area contributed by atoms with E-state index in [0.717, 1.165) is 12.0 Å². The molecule has 0 bridgehead atoms. The monoisotopic (exact) mass is 527 g/mol. The molecule has 2 aliphatic heterocycles. The highest BCUT2D eigenvalue weighted by atomic mass is 16.6. The Hall–Kier alpha value is -3.61. The van der Waals surface area contributed by atoms with E-state index < -0.39 is 30.0 Å². The van der Waals surface area contributed by atoms with Crippen molar-refractivity contribution in [2.75, 3.05) is 19.6 Å². The minimum Gasteiger partial charge on any atom is -0.445 e. The van der Waals surface area contributed by atoms with Gasteiger partial charge >= 0.3 is 6.09 Å². The van der Waals surface area contributed by atoms with Gasteiger partial charge in [-0.3, -0.25) is 19.3 Å². The number of nitriles is 1. The lowest BCUT2D eigenvalue weighted by Gasteiger charge is -2.24. The van der Waals surface area contributed by atoms with Gasteiger partial charge in [0.25, 0.3) is 0 Å². The zero-order chi connectivity index (χ0) is 28.1. The first-order valence-electron chi connectivity index (χ1n) is 13.2. The number of hydrogen-bond acceptors (Lipinski definition) is 6. The smallest absolute Gasteiger partial charge is 0.410 e. The van der Waals surface area contributed by atoms with E-state index in [-0.39, 0.29) is 31.4 Å². The first kappa shape index (κ1) is 30.6. The van der Waals surface area contributed by atoms with E-state index in [1.165, 1.54) is 4.90 Å². The van der Waals surface area contributed by atoms with Crippen molar-refractivity contribution < 1.29 is 23.9 Å². The van der Waals surface area contributed by atoms with E-state index >= 15 is 0 Å². The fraction of sp³-hybridized carbons (Fsp3) is 0.607. The zero-order valence-electron chi connectivity index (χ0n) is 22.9. The maximum Gasteiger partial charge on any atom is 0.410 e. The van der Waals surface area contributed by atoms with E-state index in [4.69, 9.17) is 4.74 Å². The maximum absolute atomic E-state index is 12.6. The third kappa shape index (κ3) is 11.2. The Balaban J connectivity index is 0.000000926. The predicted molar refractivity (Wildman–Crippen MR) is 142 cm³/mol. The summed E-state index contributed by atoms with van der Waals surface area (Å²) in [7, 11) is 0. The molecule has 0 aliphatic carbocycles. The van der Waals surface area contributed by atoms with Crippen molar-refractivity contribution in [2.45, 2.75) is 78.5 Å². The molecule has 3 rings (SSSR count). The fourth-order valence-electron chi connectivity index (χ4n) is 4.08. The van der Waals surface area contributed by atoms with E-state index in [0.29, 0.717) is 37.8 Å². The molecule has 0 spiro atoms. The van der Waals surface area contributed by atoms with Crippen molar-refractivity contribution in [2.24, 2.45) is 11.3 Å². The number of carbonyl (C=O) groups excluding carboxylic acids is 4. The summed E-state index contributed by atoms with van der Waals surface area (Å²) < 4.78 is 5.33. The molecule has 10 nitrogen and oxygen atoms in total. The molecule has 0 saturated carbocycles. The van der Waals surface area contributed by atoms with Gasteiger partial charge in [-0.05, 0) is 43.1 Å². The van der Waals surface area contributed by atoms with Crippen molar-refractivity contribution in [3.63, 3.8) is 0 Å². The number of ether oxygens (including phenoxy) is 1. The van der Waals surface area contributed by atoms with Crippen LogP contribution in [0.2, 0.25) is 0 Å². The number of nitrogens with one attached hydrogen (secondary N) is 3. The Morgan fingerprint density at radius 1 is 1.16 bits per heavy atom. The maximum atomic E-state index is 12.6. The van der Waals surface area contributed by atoms with Gasteiger partial charge in [-0.15, -0.1) is 0 Å². The number of nitrogens with zero attached hydrogens (tertiary/aromatic N) is 2. The molecule has 0 aromatic heterocycles. The van der Waals surface area contributed by atoms with Gasteiger partial charge in [0.2, 0.25) is 17.7 Å². The molecule has 1 aromatic rings. The average Bonchev–Trinajstić information content (AvgIpc) is 3.36. The van der Waals surface area contributed by atoms with Gasteiger partial charge in [0, 0.05) is 19.0 Å². The van der Waals surface area contributed by atoms with Gasteiger partial charge in [0.15, 0.2) is 0 Å². The summed E-state index contributed by atoms with van der Waals surface area (Å²) in [6.07, 6.45) is 2.30. The van der Waals surface area contributed by atoms with Crippen LogP contribution in [-0.4, -0.2) is 60.4 Å². The van der Waals surface area contributed by atoms with Crippen molar-refractivity contribution in [3.05, 3.63) is 35.9 Å². The number of benzene rings is 1. The minimum absolute atomic E-state index is 0.107. The summed E-state index contributed by atoms with van der Waals surface area (Å²) in [6, 6.07) is 9.72. The molecule has 3 N–H and O–H groups in total. The van der Waals surface area contributed by atoms with Gasteiger partial charge in [0.1, 0.15) is 18.7 Å². The fourth-order valence-corrected chi connectivity index (χ4v) is 4.08. The molecule has 2 aliphatic rings. The highest BCUT2D eigenvalue weighted by Gasteiger charge is 2.35. The lowest BCUT2D eigenvalue weighted by atomic mass is 9.92. The highest BCUT2D eigenvalue weighted by molar-refractivity contribution is 5.90. The first-order valence-corrected chi connectivity index (χ1v) is 13.2. The summed E-state index contributed by atoms with van der Waals surface area (Å²) in [4.78, 5) is 50.5. The molecule has 2 saturated heterocycles. The molecule has 208 valence electrons. The second-order valence-electron chi connectivity index (χ2n) is 11.2. The third-order valence-electron chi connectivity index (χ3n) is 5.83. The number of amides is 4. The molecular formula is C28H41N5O5. The Kier molecular flexibility index (Phi) is 12.1.